The van der Waals surface area contributed by atoms with E-state index in [1.54, 1.807) is 0 Å². The summed E-state index contributed by atoms with van der Waals surface area (Å²) in [6.45, 7) is 5.20. The predicted octanol–water partition coefficient (Wildman–Crippen LogP) is 1.86. The Balaban J connectivity index is 1.69. The third-order valence-electron chi connectivity index (χ3n) is 4.35. The van der Waals surface area contributed by atoms with Crippen LogP contribution in [0.1, 0.15) is 48.9 Å². The largest absolute Gasteiger partial charge is 0.327 e. The zero-order valence-electron chi connectivity index (χ0n) is 11.9. The van der Waals surface area contributed by atoms with Gasteiger partial charge in [0.05, 0.1) is 18.3 Å². The van der Waals surface area contributed by atoms with Crippen LogP contribution in [0.25, 0.3) is 0 Å². The second-order valence-corrected chi connectivity index (χ2v) is 6.01. The standard InChI is InChI=1S/C15H21N5/c1-11(10-19-8-2-6-17-19)20-14-5-7-16-9-13(14)18-15(20)12-3-4-12/h2,6,8,11-12,16H,3-5,7,9-10H2,1H3. The quantitative estimate of drug-likeness (QED) is 0.923. The Morgan fingerprint density at radius 1 is 1.45 bits per heavy atom. The van der Waals surface area contributed by atoms with Gasteiger partial charge in [-0.05, 0) is 25.8 Å². The molecule has 3 heterocycles. The number of imidazole rings is 1. The van der Waals surface area contributed by atoms with E-state index in [0.717, 1.165) is 26.1 Å². The highest BCUT2D eigenvalue weighted by atomic mass is 15.3. The van der Waals surface area contributed by atoms with Crippen LogP contribution in [0, 0.1) is 0 Å². The fraction of sp³-hybridized carbons (Fsp3) is 0.600. The Kier molecular flexibility index (Phi) is 2.88. The van der Waals surface area contributed by atoms with Crippen LogP contribution in [-0.4, -0.2) is 25.9 Å². The molecule has 4 rings (SSSR count). The second-order valence-electron chi connectivity index (χ2n) is 6.01. The van der Waals surface area contributed by atoms with E-state index < -0.39 is 0 Å². The molecule has 0 bridgehead atoms. The normalized spacial score (nSPS) is 19.9. The number of aromatic nitrogens is 4. The van der Waals surface area contributed by atoms with E-state index in [1.165, 1.54) is 30.1 Å². The molecule has 0 aromatic carbocycles. The van der Waals surface area contributed by atoms with Crippen LogP contribution < -0.4 is 5.32 Å². The molecule has 20 heavy (non-hydrogen) atoms. The topological polar surface area (TPSA) is 47.7 Å². The van der Waals surface area contributed by atoms with Gasteiger partial charge in [-0.15, -0.1) is 0 Å². The molecule has 106 valence electrons. The monoisotopic (exact) mass is 271 g/mol. The molecular formula is C15H21N5. The summed E-state index contributed by atoms with van der Waals surface area (Å²) in [7, 11) is 0. The summed E-state index contributed by atoms with van der Waals surface area (Å²) in [6.07, 6.45) is 7.59. The summed E-state index contributed by atoms with van der Waals surface area (Å²) in [5, 5.41) is 7.77. The summed E-state index contributed by atoms with van der Waals surface area (Å²) < 4.78 is 4.53. The number of fused-ring (bicyclic) bond motifs is 1. The molecule has 1 aliphatic heterocycles. The van der Waals surface area contributed by atoms with Crippen molar-refractivity contribution in [1.29, 1.82) is 0 Å². The molecule has 1 saturated carbocycles. The van der Waals surface area contributed by atoms with Crippen molar-refractivity contribution in [2.45, 2.75) is 51.2 Å². The summed E-state index contributed by atoms with van der Waals surface area (Å²) in [5.74, 6) is 2.01. The van der Waals surface area contributed by atoms with Crippen LogP contribution in [0.2, 0.25) is 0 Å². The third-order valence-corrected chi connectivity index (χ3v) is 4.35. The Hall–Kier alpha value is -1.62. The van der Waals surface area contributed by atoms with Gasteiger partial charge in [0.2, 0.25) is 0 Å². The van der Waals surface area contributed by atoms with E-state index in [-0.39, 0.29) is 0 Å². The summed E-state index contributed by atoms with van der Waals surface area (Å²) in [4.78, 5) is 4.93. The lowest BCUT2D eigenvalue weighted by molar-refractivity contribution is 0.412. The van der Waals surface area contributed by atoms with Gasteiger partial charge < -0.3 is 9.88 Å². The first-order valence-electron chi connectivity index (χ1n) is 7.61. The molecule has 0 spiro atoms. The highest BCUT2D eigenvalue weighted by Crippen LogP contribution is 2.41. The molecule has 0 radical (unpaired) electrons. The van der Waals surface area contributed by atoms with Crippen LogP contribution >= 0.6 is 0 Å². The van der Waals surface area contributed by atoms with Crippen LogP contribution in [0.15, 0.2) is 18.5 Å². The summed E-state index contributed by atoms with van der Waals surface area (Å²) >= 11 is 0. The van der Waals surface area contributed by atoms with Crippen LogP contribution in [0.5, 0.6) is 0 Å². The van der Waals surface area contributed by atoms with Crippen molar-refractivity contribution in [2.24, 2.45) is 0 Å². The van der Waals surface area contributed by atoms with Gasteiger partial charge in [0.25, 0.3) is 0 Å². The second kappa shape index (κ2) is 4.74. The SMILES string of the molecule is CC(Cn1cccn1)n1c(C2CC2)nc2c1CCNC2. The van der Waals surface area contributed by atoms with E-state index in [0.29, 0.717) is 12.0 Å². The van der Waals surface area contributed by atoms with E-state index in [9.17, 15) is 0 Å². The number of rotatable bonds is 4. The van der Waals surface area contributed by atoms with Crippen molar-refractivity contribution in [3.05, 3.63) is 35.7 Å². The third kappa shape index (κ3) is 2.06. The summed E-state index contributed by atoms with van der Waals surface area (Å²) in [5.41, 5.74) is 2.72. The van der Waals surface area contributed by atoms with Crippen LogP contribution in [0.4, 0.5) is 0 Å². The van der Waals surface area contributed by atoms with Crippen molar-refractivity contribution in [3.8, 4) is 0 Å². The first-order valence-corrected chi connectivity index (χ1v) is 7.61. The number of nitrogens with zero attached hydrogens (tertiary/aromatic N) is 4. The lowest BCUT2D eigenvalue weighted by atomic mass is 10.1. The lowest BCUT2D eigenvalue weighted by Crippen LogP contribution is -2.26. The molecule has 2 aliphatic rings. The van der Waals surface area contributed by atoms with E-state index in [2.05, 4.69) is 21.9 Å². The average Bonchev–Trinajstić information content (AvgIpc) is 3.04. The fourth-order valence-electron chi connectivity index (χ4n) is 3.24. The molecule has 1 N–H and O–H groups in total. The van der Waals surface area contributed by atoms with Gasteiger partial charge in [-0.25, -0.2) is 4.98 Å². The van der Waals surface area contributed by atoms with Crippen LogP contribution in [0.3, 0.4) is 0 Å². The molecule has 5 nitrogen and oxygen atoms in total. The highest BCUT2D eigenvalue weighted by molar-refractivity contribution is 5.24. The Labute approximate surface area is 119 Å². The lowest BCUT2D eigenvalue weighted by Gasteiger charge is -2.22. The van der Waals surface area contributed by atoms with Gasteiger partial charge >= 0.3 is 0 Å². The van der Waals surface area contributed by atoms with E-state index >= 15 is 0 Å². The van der Waals surface area contributed by atoms with Crippen molar-refractivity contribution in [1.82, 2.24) is 24.6 Å². The molecule has 2 aromatic rings. The summed E-state index contributed by atoms with van der Waals surface area (Å²) in [6, 6.07) is 2.40. The van der Waals surface area contributed by atoms with Crippen molar-refractivity contribution in [2.75, 3.05) is 6.54 Å². The molecule has 1 unspecified atom stereocenters. The Bertz CT molecular complexity index is 594. The Morgan fingerprint density at radius 2 is 2.35 bits per heavy atom. The molecule has 2 aromatic heterocycles. The fourth-order valence-corrected chi connectivity index (χ4v) is 3.24. The zero-order valence-corrected chi connectivity index (χ0v) is 11.9. The maximum absolute atomic E-state index is 4.93. The molecule has 0 saturated heterocycles. The van der Waals surface area contributed by atoms with E-state index in [4.69, 9.17) is 4.98 Å². The maximum Gasteiger partial charge on any atom is 0.112 e. The molecule has 0 amide bonds. The number of hydrogen-bond acceptors (Lipinski definition) is 3. The molecule has 1 fully saturated rings. The molecular weight excluding hydrogens is 250 g/mol. The minimum Gasteiger partial charge on any atom is -0.327 e. The van der Waals surface area contributed by atoms with Crippen molar-refractivity contribution in [3.63, 3.8) is 0 Å². The zero-order chi connectivity index (χ0) is 13.5. The smallest absolute Gasteiger partial charge is 0.112 e. The molecule has 1 atom stereocenters. The Morgan fingerprint density at radius 3 is 3.10 bits per heavy atom. The van der Waals surface area contributed by atoms with Gasteiger partial charge in [0.15, 0.2) is 0 Å². The van der Waals surface area contributed by atoms with Crippen molar-refractivity contribution >= 4 is 0 Å². The average molecular weight is 271 g/mol. The number of nitrogens with one attached hydrogen (secondary N) is 1. The molecule has 5 heteroatoms. The van der Waals surface area contributed by atoms with Gasteiger partial charge in [0, 0.05) is 43.5 Å². The van der Waals surface area contributed by atoms with Gasteiger partial charge in [-0.1, -0.05) is 0 Å². The van der Waals surface area contributed by atoms with Gasteiger partial charge in [-0.2, -0.15) is 5.10 Å². The maximum atomic E-state index is 4.93. The predicted molar refractivity (Wildman–Crippen MR) is 76.6 cm³/mol. The van der Waals surface area contributed by atoms with Crippen molar-refractivity contribution < 1.29 is 0 Å². The first-order chi connectivity index (χ1) is 9.83. The van der Waals surface area contributed by atoms with Gasteiger partial charge in [-0.3, -0.25) is 4.68 Å². The minimum absolute atomic E-state index is 0.417. The number of hydrogen-bond donors (Lipinski definition) is 1. The van der Waals surface area contributed by atoms with Crippen LogP contribution in [-0.2, 0) is 19.5 Å². The molecule has 1 aliphatic carbocycles. The van der Waals surface area contributed by atoms with E-state index in [1.807, 2.05) is 23.1 Å². The highest BCUT2D eigenvalue weighted by Gasteiger charge is 2.33. The van der Waals surface area contributed by atoms with Gasteiger partial charge in [0.1, 0.15) is 5.82 Å². The minimum atomic E-state index is 0.417. The first kappa shape index (κ1) is 12.1.